The minimum absolute atomic E-state index is 0.0489. The van der Waals surface area contributed by atoms with Crippen molar-refractivity contribution in [3.8, 4) is 0 Å². The summed E-state index contributed by atoms with van der Waals surface area (Å²) in [4.78, 5) is 22.7. The molecule has 1 aliphatic rings. The van der Waals surface area contributed by atoms with Crippen molar-refractivity contribution in [3.63, 3.8) is 0 Å². The van der Waals surface area contributed by atoms with E-state index < -0.39 is 0 Å². The van der Waals surface area contributed by atoms with Crippen LogP contribution in [-0.4, -0.2) is 34.3 Å². The highest BCUT2D eigenvalue weighted by Gasteiger charge is 2.45. The lowest BCUT2D eigenvalue weighted by Crippen LogP contribution is -2.60. The zero-order valence-electron chi connectivity index (χ0n) is 11.5. The molecule has 0 unspecified atom stereocenters. The van der Waals surface area contributed by atoms with Gasteiger partial charge in [0.25, 0.3) is 5.91 Å². The van der Waals surface area contributed by atoms with Crippen LogP contribution in [0.4, 0.5) is 0 Å². The quantitative estimate of drug-likeness (QED) is 0.464. The summed E-state index contributed by atoms with van der Waals surface area (Å²) in [5, 5.41) is 3.94. The Morgan fingerprint density at radius 1 is 1.42 bits per heavy atom. The van der Waals surface area contributed by atoms with E-state index in [1.165, 1.54) is 7.11 Å². The number of rotatable bonds is 2. The first kappa shape index (κ1) is 13.3. The van der Waals surface area contributed by atoms with Crippen LogP contribution in [0.25, 0.3) is 6.08 Å². The van der Waals surface area contributed by atoms with Gasteiger partial charge in [-0.15, -0.1) is 0 Å². The van der Waals surface area contributed by atoms with Crippen molar-refractivity contribution in [2.45, 2.75) is 26.3 Å². The van der Waals surface area contributed by atoms with Crippen molar-refractivity contribution < 1.29 is 9.63 Å². The number of β-lactam (4-membered cyclic amide) rings is 1. The molecule has 1 saturated heterocycles. The highest BCUT2D eigenvalue weighted by Crippen LogP contribution is 2.30. The monoisotopic (exact) mass is 259 g/mol. The van der Waals surface area contributed by atoms with E-state index in [4.69, 9.17) is 4.84 Å². The van der Waals surface area contributed by atoms with E-state index in [0.29, 0.717) is 11.4 Å². The molecule has 5 nitrogen and oxygen atoms in total. The smallest absolute Gasteiger partial charge is 0.263 e. The van der Waals surface area contributed by atoms with Gasteiger partial charge in [-0.05, 0) is 38.5 Å². The van der Waals surface area contributed by atoms with Gasteiger partial charge in [0.05, 0.1) is 5.57 Å². The Morgan fingerprint density at radius 3 is 2.68 bits per heavy atom. The average Bonchev–Trinajstić information content (AvgIpc) is 2.35. The van der Waals surface area contributed by atoms with E-state index in [1.54, 1.807) is 23.4 Å². The van der Waals surface area contributed by atoms with Crippen LogP contribution in [0.2, 0.25) is 0 Å². The summed E-state index contributed by atoms with van der Waals surface area (Å²) in [6, 6.07) is 3.71. The number of hydrogen-bond donors (Lipinski definition) is 0. The predicted molar refractivity (Wildman–Crippen MR) is 73.3 cm³/mol. The van der Waals surface area contributed by atoms with Gasteiger partial charge in [0.15, 0.2) is 5.84 Å². The Balaban J connectivity index is 2.36. The van der Waals surface area contributed by atoms with Crippen molar-refractivity contribution in [1.82, 2.24) is 9.88 Å². The second-order valence-corrected chi connectivity index (χ2v) is 5.25. The summed E-state index contributed by atoms with van der Waals surface area (Å²) in [7, 11) is 1.47. The maximum atomic E-state index is 12.2. The zero-order valence-corrected chi connectivity index (χ0v) is 11.5. The molecule has 2 rings (SSSR count). The first-order valence-corrected chi connectivity index (χ1v) is 6.03. The molecule has 0 bridgehead atoms. The second-order valence-electron chi connectivity index (χ2n) is 5.25. The van der Waals surface area contributed by atoms with Crippen molar-refractivity contribution in [1.29, 1.82) is 0 Å². The highest BCUT2D eigenvalue weighted by molar-refractivity contribution is 6.38. The number of likely N-dealkylation sites (tertiary alicyclic amines) is 1. The highest BCUT2D eigenvalue weighted by atomic mass is 16.6. The average molecular weight is 259 g/mol. The molecule has 5 heteroatoms. The Bertz CT molecular complexity index is 542. The molecule has 0 saturated carbocycles. The fraction of sp³-hybridized carbons (Fsp3) is 0.357. The standard InChI is InChI=1S/C14H17N3O2/c1-14(2,3)17-12(16-19-4)11(13(17)18)8-10-6-5-7-15-9-10/h5-9H,1-4H3/b11-8+,16-12+. The van der Waals surface area contributed by atoms with Crippen LogP contribution in [0.5, 0.6) is 0 Å². The summed E-state index contributed by atoms with van der Waals surface area (Å²) in [6.07, 6.45) is 5.16. The molecule has 1 aromatic heterocycles. The Labute approximate surface area is 112 Å². The minimum Gasteiger partial charge on any atom is -0.397 e. The summed E-state index contributed by atoms with van der Waals surface area (Å²) < 4.78 is 0. The van der Waals surface area contributed by atoms with E-state index in [2.05, 4.69) is 10.1 Å². The lowest BCUT2D eigenvalue weighted by Gasteiger charge is -2.43. The van der Waals surface area contributed by atoms with Gasteiger partial charge in [0.2, 0.25) is 0 Å². The number of oxime groups is 1. The van der Waals surface area contributed by atoms with Gasteiger partial charge in [-0.25, -0.2) is 0 Å². The number of nitrogens with zero attached hydrogens (tertiary/aromatic N) is 3. The third-order valence-corrected chi connectivity index (χ3v) is 2.73. The molecule has 1 aliphatic heterocycles. The molecule has 0 spiro atoms. The van der Waals surface area contributed by atoms with E-state index >= 15 is 0 Å². The van der Waals surface area contributed by atoms with Crippen LogP contribution in [0.1, 0.15) is 26.3 Å². The van der Waals surface area contributed by atoms with Crippen LogP contribution >= 0.6 is 0 Å². The van der Waals surface area contributed by atoms with Gasteiger partial charge >= 0.3 is 0 Å². The molecule has 19 heavy (non-hydrogen) atoms. The minimum atomic E-state index is -0.319. The summed E-state index contributed by atoms with van der Waals surface area (Å²) in [6.45, 7) is 5.87. The molecule has 1 fully saturated rings. The molecule has 0 radical (unpaired) electrons. The first-order chi connectivity index (χ1) is 8.95. The molecule has 0 N–H and O–H groups in total. The first-order valence-electron chi connectivity index (χ1n) is 6.03. The van der Waals surface area contributed by atoms with Gasteiger partial charge in [0.1, 0.15) is 7.11 Å². The van der Waals surface area contributed by atoms with E-state index in [9.17, 15) is 4.79 Å². The van der Waals surface area contributed by atoms with Gasteiger partial charge in [-0.3, -0.25) is 14.7 Å². The third-order valence-electron chi connectivity index (χ3n) is 2.73. The zero-order chi connectivity index (χ0) is 14.0. The lowest BCUT2D eigenvalue weighted by molar-refractivity contribution is -0.129. The Kier molecular flexibility index (Phi) is 3.38. The fourth-order valence-electron chi connectivity index (χ4n) is 1.93. The molecule has 100 valence electrons. The molecule has 0 atom stereocenters. The SMILES string of the molecule is CO/N=C1\C(=C/c2cccnc2)C(=O)N1C(C)(C)C. The van der Waals surface area contributed by atoms with Crippen LogP contribution in [-0.2, 0) is 9.63 Å². The number of hydrogen-bond acceptors (Lipinski definition) is 4. The number of pyridine rings is 1. The van der Waals surface area contributed by atoms with Crippen LogP contribution < -0.4 is 0 Å². The topological polar surface area (TPSA) is 54.8 Å². The predicted octanol–water partition coefficient (Wildman–Crippen LogP) is 2.07. The largest absolute Gasteiger partial charge is 0.397 e. The molecule has 2 heterocycles. The van der Waals surface area contributed by atoms with Crippen molar-refractivity contribution in [2.75, 3.05) is 7.11 Å². The van der Waals surface area contributed by atoms with E-state index in [-0.39, 0.29) is 11.4 Å². The molecular weight excluding hydrogens is 242 g/mol. The molecule has 0 aliphatic carbocycles. The summed E-state index contributed by atoms with van der Waals surface area (Å²) in [5.41, 5.74) is 1.09. The maximum absolute atomic E-state index is 12.2. The third kappa shape index (κ3) is 2.50. The normalized spacial score (nSPS) is 19.8. The van der Waals surface area contributed by atoms with Crippen LogP contribution in [0.15, 0.2) is 35.3 Å². The van der Waals surface area contributed by atoms with Crippen LogP contribution in [0, 0.1) is 0 Å². The van der Waals surface area contributed by atoms with Gasteiger partial charge in [-0.1, -0.05) is 11.2 Å². The molecule has 1 aromatic rings. The van der Waals surface area contributed by atoms with E-state index in [0.717, 1.165) is 5.56 Å². The van der Waals surface area contributed by atoms with Crippen molar-refractivity contribution in [3.05, 3.63) is 35.7 Å². The number of amidine groups is 1. The van der Waals surface area contributed by atoms with E-state index in [1.807, 2.05) is 32.9 Å². The summed E-state index contributed by atoms with van der Waals surface area (Å²) >= 11 is 0. The Hall–Kier alpha value is -2.17. The maximum Gasteiger partial charge on any atom is 0.263 e. The van der Waals surface area contributed by atoms with Gasteiger partial charge in [0, 0.05) is 17.9 Å². The number of carbonyl (C=O) groups is 1. The summed E-state index contributed by atoms with van der Waals surface area (Å²) in [5.74, 6) is 0.510. The molecule has 1 amide bonds. The number of aromatic nitrogens is 1. The fourth-order valence-corrected chi connectivity index (χ4v) is 1.93. The van der Waals surface area contributed by atoms with Gasteiger partial charge < -0.3 is 4.84 Å². The number of amides is 1. The van der Waals surface area contributed by atoms with Gasteiger partial charge in [-0.2, -0.15) is 0 Å². The number of carbonyl (C=O) groups excluding carboxylic acids is 1. The lowest BCUT2D eigenvalue weighted by atomic mass is 9.93. The van der Waals surface area contributed by atoms with Crippen molar-refractivity contribution in [2.24, 2.45) is 5.16 Å². The molecular formula is C14H17N3O2. The Morgan fingerprint density at radius 2 is 2.16 bits per heavy atom. The second kappa shape index (κ2) is 4.84. The van der Waals surface area contributed by atoms with Crippen molar-refractivity contribution >= 4 is 17.8 Å². The van der Waals surface area contributed by atoms with Crippen LogP contribution in [0.3, 0.4) is 0 Å². The molecule has 0 aromatic carbocycles.